The molecule has 0 aromatic carbocycles. The van der Waals surface area contributed by atoms with Crippen LogP contribution in [0.15, 0.2) is 0 Å². The van der Waals surface area contributed by atoms with Crippen LogP contribution in [0.25, 0.3) is 0 Å². The molecule has 0 aliphatic heterocycles. The smallest absolute Gasteiger partial charge is 0.222 e. The molecule has 0 radical (unpaired) electrons. The number of hydrogen-bond donors (Lipinski definition) is 0. The maximum absolute atomic E-state index is 11.4. The zero-order valence-corrected chi connectivity index (χ0v) is 8.76. The second kappa shape index (κ2) is 6.04. The molecule has 1 unspecified atom stereocenters. The maximum Gasteiger partial charge on any atom is 0.222 e. The molecule has 0 aromatic heterocycles. The molecule has 0 spiro atoms. The summed E-state index contributed by atoms with van der Waals surface area (Å²) in [7, 11) is 1.90. The lowest BCUT2D eigenvalue weighted by molar-refractivity contribution is -0.131. The molecule has 0 fully saturated rings. The molecule has 0 saturated carbocycles. The number of carbonyl (C=O) groups excluding carboxylic acids is 1. The van der Waals surface area contributed by atoms with E-state index in [0.717, 1.165) is 19.3 Å². The van der Waals surface area contributed by atoms with Gasteiger partial charge in [0, 0.05) is 19.5 Å². The van der Waals surface area contributed by atoms with Gasteiger partial charge in [-0.3, -0.25) is 4.79 Å². The van der Waals surface area contributed by atoms with Crippen LogP contribution in [0.1, 0.15) is 46.5 Å². The van der Waals surface area contributed by atoms with Gasteiger partial charge in [0.15, 0.2) is 0 Å². The molecule has 0 bridgehead atoms. The van der Waals surface area contributed by atoms with Gasteiger partial charge in [0.25, 0.3) is 0 Å². The van der Waals surface area contributed by atoms with E-state index < -0.39 is 0 Å². The Hall–Kier alpha value is -0.530. The van der Waals surface area contributed by atoms with Gasteiger partial charge in [0.2, 0.25) is 5.91 Å². The molecule has 0 saturated heterocycles. The van der Waals surface area contributed by atoms with Gasteiger partial charge in [-0.1, -0.05) is 20.3 Å². The van der Waals surface area contributed by atoms with Crippen molar-refractivity contribution in [3.63, 3.8) is 0 Å². The van der Waals surface area contributed by atoms with Crippen LogP contribution in [0.5, 0.6) is 0 Å². The zero-order chi connectivity index (χ0) is 9.56. The van der Waals surface area contributed by atoms with E-state index in [-0.39, 0.29) is 5.91 Å². The van der Waals surface area contributed by atoms with Crippen LogP contribution in [0, 0.1) is 0 Å². The lowest BCUT2D eigenvalue weighted by atomic mass is 10.2. The van der Waals surface area contributed by atoms with Crippen LogP contribution in [-0.4, -0.2) is 23.9 Å². The predicted octanol–water partition coefficient (Wildman–Crippen LogP) is 2.43. The van der Waals surface area contributed by atoms with Crippen LogP contribution in [0.2, 0.25) is 0 Å². The number of rotatable bonds is 5. The van der Waals surface area contributed by atoms with E-state index >= 15 is 0 Å². The first kappa shape index (κ1) is 11.5. The van der Waals surface area contributed by atoms with Crippen molar-refractivity contribution >= 4 is 5.91 Å². The Morgan fingerprint density at radius 3 is 2.42 bits per heavy atom. The summed E-state index contributed by atoms with van der Waals surface area (Å²) >= 11 is 0. The fraction of sp³-hybridized carbons (Fsp3) is 0.900. The van der Waals surface area contributed by atoms with E-state index in [4.69, 9.17) is 0 Å². The van der Waals surface area contributed by atoms with Crippen molar-refractivity contribution in [2.45, 2.75) is 52.5 Å². The fourth-order valence-corrected chi connectivity index (χ4v) is 1.02. The minimum Gasteiger partial charge on any atom is -0.343 e. The highest BCUT2D eigenvalue weighted by atomic mass is 16.2. The summed E-state index contributed by atoms with van der Waals surface area (Å²) in [5.74, 6) is 0.284. The lowest BCUT2D eigenvalue weighted by Crippen LogP contribution is -2.34. The molecule has 1 amide bonds. The molecule has 0 rings (SSSR count). The van der Waals surface area contributed by atoms with Crippen molar-refractivity contribution in [1.29, 1.82) is 0 Å². The van der Waals surface area contributed by atoms with Crippen molar-refractivity contribution in [3.8, 4) is 0 Å². The molecular formula is C10H21NO. The summed E-state index contributed by atoms with van der Waals surface area (Å²) in [6.07, 6.45) is 3.85. The quantitative estimate of drug-likeness (QED) is 0.622. The molecule has 72 valence electrons. The van der Waals surface area contributed by atoms with Crippen LogP contribution in [-0.2, 0) is 4.79 Å². The van der Waals surface area contributed by atoms with Crippen LogP contribution < -0.4 is 0 Å². The zero-order valence-electron chi connectivity index (χ0n) is 8.76. The van der Waals surface area contributed by atoms with Crippen molar-refractivity contribution < 1.29 is 4.79 Å². The Bertz CT molecular complexity index is 134. The molecule has 12 heavy (non-hydrogen) atoms. The topological polar surface area (TPSA) is 20.3 Å². The average molecular weight is 171 g/mol. The van der Waals surface area contributed by atoms with Gasteiger partial charge in [0.1, 0.15) is 0 Å². The molecule has 2 heteroatoms. The maximum atomic E-state index is 11.4. The predicted molar refractivity (Wildman–Crippen MR) is 52.0 cm³/mol. The van der Waals surface area contributed by atoms with E-state index in [2.05, 4.69) is 20.8 Å². The minimum absolute atomic E-state index is 0.284. The standard InChI is InChI=1S/C10H21NO/c1-5-7-8-10(12)11(4)9(3)6-2/h9H,5-8H2,1-4H3. The Morgan fingerprint density at radius 2 is 2.00 bits per heavy atom. The van der Waals surface area contributed by atoms with Crippen molar-refractivity contribution in [3.05, 3.63) is 0 Å². The molecular weight excluding hydrogens is 150 g/mol. The second-order valence-electron chi connectivity index (χ2n) is 3.37. The average Bonchev–Trinajstić information content (AvgIpc) is 2.11. The number of carbonyl (C=O) groups is 1. The van der Waals surface area contributed by atoms with Crippen LogP contribution in [0.4, 0.5) is 0 Å². The first-order valence-electron chi connectivity index (χ1n) is 4.89. The third kappa shape index (κ3) is 3.74. The monoisotopic (exact) mass is 171 g/mol. The molecule has 1 atom stereocenters. The second-order valence-corrected chi connectivity index (χ2v) is 3.37. The summed E-state index contributed by atoms with van der Waals surface area (Å²) in [4.78, 5) is 13.3. The molecule has 0 aromatic rings. The summed E-state index contributed by atoms with van der Waals surface area (Å²) in [5.41, 5.74) is 0. The SMILES string of the molecule is CCCCC(=O)N(C)C(C)CC. The van der Waals surface area contributed by atoms with Gasteiger partial charge < -0.3 is 4.90 Å². The van der Waals surface area contributed by atoms with Gasteiger partial charge in [-0.25, -0.2) is 0 Å². The number of nitrogens with zero attached hydrogens (tertiary/aromatic N) is 1. The van der Waals surface area contributed by atoms with E-state index in [1.54, 1.807) is 0 Å². The van der Waals surface area contributed by atoms with E-state index in [9.17, 15) is 4.79 Å². The van der Waals surface area contributed by atoms with Crippen molar-refractivity contribution in [1.82, 2.24) is 4.90 Å². The van der Waals surface area contributed by atoms with Crippen molar-refractivity contribution in [2.75, 3.05) is 7.05 Å². The largest absolute Gasteiger partial charge is 0.343 e. The first-order chi connectivity index (χ1) is 5.63. The van der Waals surface area contributed by atoms with Crippen molar-refractivity contribution in [2.24, 2.45) is 0 Å². The summed E-state index contributed by atoms with van der Waals surface area (Å²) in [6, 6.07) is 0.384. The third-order valence-electron chi connectivity index (χ3n) is 2.39. The summed E-state index contributed by atoms with van der Waals surface area (Å²) < 4.78 is 0. The number of unbranched alkanes of at least 4 members (excludes halogenated alkanes) is 1. The van der Waals surface area contributed by atoms with E-state index in [1.165, 1.54) is 0 Å². The van der Waals surface area contributed by atoms with Gasteiger partial charge in [-0.05, 0) is 19.8 Å². The Balaban J connectivity index is 3.75. The fourth-order valence-electron chi connectivity index (χ4n) is 1.02. The molecule has 0 aliphatic carbocycles. The molecule has 0 aliphatic rings. The van der Waals surface area contributed by atoms with Gasteiger partial charge in [0.05, 0.1) is 0 Å². The first-order valence-corrected chi connectivity index (χ1v) is 4.89. The van der Waals surface area contributed by atoms with E-state index in [0.29, 0.717) is 12.5 Å². The summed E-state index contributed by atoms with van der Waals surface area (Å²) in [5, 5.41) is 0. The highest BCUT2D eigenvalue weighted by Gasteiger charge is 2.12. The van der Waals surface area contributed by atoms with Crippen LogP contribution in [0.3, 0.4) is 0 Å². The summed E-state index contributed by atoms with van der Waals surface area (Å²) in [6.45, 7) is 6.30. The Kier molecular flexibility index (Phi) is 5.77. The van der Waals surface area contributed by atoms with Gasteiger partial charge in [-0.15, -0.1) is 0 Å². The van der Waals surface area contributed by atoms with Gasteiger partial charge in [-0.2, -0.15) is 0 Å². The molecule has 0 N–H and O–H groups in total. The Morgan fingerprint density at radius 1 is 1.42 bits per heavy atom. The number of amides is 1. The Labute approximate surface area is 75.9 Å². The van der Waals surface area contributed by atoms with Crippen LogP contribution >= 0.6 is 0 Å². The van der Waals surface area contributed by atoms with E-state index in [1.807, 2.05) is 11.9 Å². The highest BCUT2D eigenvalue weighted by molar-refractivity contribution is 5.76. The molecule has 0 heterocycles. The van der Waals surface area contributed by atoms with Gasteiger partial charge >= 0.3 is 0 Å². The minimum atomic E-state index is 0.284. The number of hydrogen-bond acceptors (Lipinski definition) is 1. The normalized spacial score (nSPS) is 12.7. The highest BCUT2D eigenvalue weighted by Crippen LogP contribution is 2.05. The lowest BCUT2D eigenvalue weighted by Gasteiger charge is -2.23. The molecule has 2 nitrogen and oxygen atoms in total. The third-order valence-corrected chi connectivity index (χ3v) is 2.39.